The van der Waals surface area contributed by atoms with Gasteiger partial charge in [0.1, 0.15) is 5.25 Å². The molecular formula is C6H9FO3S. The van der Waals surface area contributed by atoms with Crippen molar-refractivity contribution in [3.05, 3.63) is 0 Å². The molecule has 0 aromatic rings. The Morgan fingerprint density at radius 1 is 1.36 bits per heavy atom. The van der Waals surface area contributed by atoms with Gasteiger partial charge < -0.3 is 4.74 Å². The average molecular weight is 180 g/mol. The van der Waals surface area contributed by atoms with Gasteiger partial charge in [-0.2, -0.15) is 8.42 Å². The van der Waals surface area contributed by atoms with Crippen molar-refractivity contribution in [2.45, 2.75) is 36.7 Å². The van der Waals surface area contributed by atoms with E-state index >= 15 is 0 Å². The summed E-state index contributed by atoms with van der Waals surface area (Å²) in [7, 11) is -4.36. The van der Waals surface area contributed by atoms with Crippen molar-refractivity contribution in [3.8, 4) is 0 Å². The molecule has 5 heteroatoms. The number of halogens is 1. The van der Waals surface area contributed by atoms with Crippen molar-refractivity contribution < 1.29 is 17.0 Å². The number of ether oxygens (including phenoxy) is 1. The van der Waals surface area contributed by atoms with Crippen LogP contribution in [-0.2, 0) is 15.0 Å². The second-order valence-electron chi connectivity index (χ2n) is 3.12. The zero-order valence-corrected chi connectivity index (χ0v) is 6.68. The molecule has 3 atom stereocenters. The predicted molar refractivity (Wildman–Crippen MR) is 36.3 cm³/mol. The molecule has 0 N–H and O–H groups in total. The Labute approximate surface area is 64.8 Å². The maximum Gasteiger partial charge on any atom is 0.307 e. The normalized spacial score (nSPS) is 43.2. The molecule has 2 aliphatic heterocycles. The highest BCUT2D eigenvalue weighted by Crippen LogP contribution is 2.38. The van der Waals surface area contributed by atoms with Gasteiger partial charge >= 0.3 is 10.2 Å². The molecule has 0 aromatic carbocycles. The highest BCUT2D eigenvalue weighted by Gasteiger charge is 2.47. The molecule has 3 unspecified atom stereocenters. The highest BCUT2D eigenvalue weighted by molar-refractivity contribution is 7.87. The van der Waals surface area contributed by atoms with E-state index in [1.165, 1.54) is 0 Å². The Morgan fingerprint density at radius 2 is 2.09 bits per heavy atom. The van der Waals surface area contributed by atoms with Crippen molar-refractivity contribution in [1.29, 1.82) is 0 Å². The van der Waals surface area contributed by atoms with Crippen LogP contribution in [0.3, 0.4) is 0 Å². The molecule has 0 saturated carbocycles. The molecule has 0 aliphatic carbocycles. The van der Waals surface area contributed by atoms with Crippen LogP contribution in [0.15, 0.2) is 0 Å². The molecular weight excluding hydrogens is 171 g/mol. The van der Waals surface area contributed by atoms with Gasteiger partial charge in [-0.3, -0.25) is 0 Å². The van der Waals surface area contributed by atoms with Crippen LogP contribution >= 0.6 is 0 Å². The van der Waals surface area contributed by atoms with Gasteiger partial charge in [-0.05, 0) is 19.3 Å². The first kappa shape index (κ1) is 7.49. The summed E-state index contributed by atoms with van der Waals surface area (Å²) in [6.07, 6.45) is 1.56. The van der Waals surface area contributed by atoms with Gasteiger partial charge in [0.25, 0.3) is 0 Å². The number of fused-ring (bicyclic) bond motifs is 2. The van der Waals surface area contributed by atoms with Crippen LogP contribution in [-0.4, -0.2) is 25.9 Å². The van der Waals surface area contributed by atoms with E-state index in [0.29, 0.717) is 12.8 Å². The maximum atomic E-state index is 12.4. The van der Waals surface area contributed by atoms with E-state index in [-0.39, 0.29) is 12.2 Å². The molecule has 3 nitrogen and oxygen atoms in total. The molecule has 2 fully saturated rings. The van der Waals surface area contributed by atoms with Crippen molar-refractivity contribution >= 4 is 10.2 Å². The topological polar surface area (TPSA) is 43.4 Å². The first-order valence-electron chi connectivity index (χ1n) is 3.66. The Kier molecular flexibility index (Phi) is 1.47. The summed E-state index contributed by atoms with van der Waals surface area (Å²) in [4.78, 5) is 0. The lowest BCUT2D eigenvalue weighted by molar-refractivity contribution is 0.105. The summed E-state index contributed by atoms with van der Waals surface area (Å²) in [5.74, 6) is 0. The third-order valence-corrected chi connectivity index (χ3v) is 3.63. The van der Waals surface area contributed by atoms with Crippen LogP contribution in [0.2, 0.25) is 0 Å². The Morgan fingerprint density at radius 3 is 2.36 bits per heavy atom. The lowest BCUT2D eigenvalue weighted by Crippen LogP contribution is -2.28. The summed E-state index contributed by atoms with van der Waals surface area (Å²) in [6.45, 7) is 0. The van der Waals surface area contributed by atoms with E-state index in [9.17, 15) is 12.3 Å². The van der Waals surface area contributed by atoms with Crippen LogP contribution in [0.5, 0.6) is 0 Å². The molecule has 2 aliphatic rings. The third-order valence-electron chi connectivity index (χ3n) is 2.41. The second kappa shape index (κ2) is 2.17. The second-order valence-corrected chi connectivity index (χ2v) is 4.68. The summed E-state index contributed by atoms with van der Waals surface area (Å²) in [5.41, 5.74) is 0. The number of hydrogen-bond acceptors (Lipinski definition) is 3. The molecule has 2 heterocycles. The van der Waals surface area contributed by atoms with Crippen molar-refractivity contribution in [2.24, 2.45) is 0 Å². The molecule has 0 radical (unpaired) electrons. The zero-order valence-electron chi connectivity index (χ0n) is 5.86. The van der Waals surface area contributed by atoms with Crippen LogP contribution in [0.1, 0.15) is 19.3 Å². The molecule has 2 rings (SSSR count). The first-order valence-corrected chi connectivity index (χ1v) is 5.11. The van der Waals surface area contributed by atoms with Crippen LogP contribution in [0, 0.1) is 0 Å². The number of hydrogen-bond donors (Lipinski definition) is 0. The fourth-order valence-corrected chi connectivity index (χ4v) is 2.89. The smallest absolute Gasteiger partial charge is 0.307 e. The minimum Gasteiger partial charge on any atom is -0.373 e. The molecule has 0 amide bonds. The quantitative estimate of drug-likeness (QED) is 0.555. The van der Waals surface area contributed by atoms with Gasteiger partial charge in [0.15, 0.2) is 0 Å². The van der Waals surface area contributed by atoms with Gasteiger partial charge in [0.05, 0.1) is 12.2 Å². The van der Waals surface area contributed by atoms with Gasteiger partial charge in [-0.25, -0.2) is 0 Å². The molecule has 64 valence electrons. The van der Waals surface area contributed by atoms with E-state index in [0.717, 1.165) is 6.42 Å². The minimum absolute atomic E-state index is 0.00414. The Hall–Kier alpha value is -0.160. The van der Waals surface area contributed by atoms with Gasteiger partial charge in [-0.1, -0.05) is 0 Å². The van der Waals surface area contributed by atoms with Crippen molar-refractivity contribution in [1.82, 2.24) is 0 Å². The lowest BCUT2D eigenvalue weighted by atomic mass is 10.0. The summed E-state index contributed by atoms with van der Waals surface area (Å²) < 4.78 is 38.6. The minimum atomic E-state index is -4.36. The van der Waals surface area contributed by atoms with E-state index in [1.807, 2.05) is 0 Å². The highest BCUT2D eigenvalue weighted by atomic mass is 32.3. The van der Waals surface area contributed by atoms with Crippen LogP contribution in [0.25, 0.3) is 0 Å². The summed E-state index contributed by atoms with van der Waals surface area (Å²) in [5, 5.41) is -0.874. The fraction of sp³-hybridized carbons (Fsp3) is 1.00. The average Bonchev–Trinajstić information content (AvgIpc) is 2.42. The number of rotatable bonds is 1. The monoisotopic (exact) mass is 180 g/mol. The maximum absolute atomic E-state index is 12.4. The first-order chi connectivity index (χ1) is 5.07. The van der Waals surface area contributed by atoms with Crippen molar-refractivity contribution in [2.75, 3.05) is 0 Å². The summed E-state index contributed by atoms with van der Waals surface area (Å²) in [6, 6.07) is 0. The Bertz CT molecular complexity index is 261. The molecule has 0 spiro atoms. The SMILES string of the molecule is O=S(=O)(F)C1CC2CCC1O2. The summed E-state index contributed by atoms with van der Waals surface area (Å²) >= 11 is 0. The molecule has 0 aromatic heterocycles. The van der Waals surface area contributed by atoms with Gasteiger partial charge in [0, 0.05) is 0 Å². The third kappa shape index (κ3) is 1.16. The standard InChI is InChI=1S/C6H9FO3S/c7-11(8,9)6-3-4-1-2-5(6)10-4/h4-6H,1-3H2. The Balaban J connectivity index is 2.21. The van der Waals surface area contributed by atoms with Gasteiger partial charge in [0.2, 0.25) is 0 Å². The largest absolute Gasteiger partial charge is 0.373 e. The zero-order chi connectivity index (χ0) is 8.06. The van der Waals surface area contributed by atoms with E-state index in [2.05, 4.69) is 0 Å². The molecule has 11 heavy (non-hydrogen) atoms. The lowest BCUT2D eigenvalue weighted by Gasteiger charge is -2.12. The predicted octanol–water partition coefficient (Wildman–Crippen LogP) is 0.606. The van der Waals surface area contributed by atoms with Crippen LogP contribution < -0.4 is 0 Å². The molecule has 2 saturated heterocycles. The van der Waals surface area contributed by atoms with Gasteiger partial charge in [-0.15, -0.1) is 3.89 Å². The van der Waals surface area contributed by atoms with E-state index < -0.39 is 15.5 Å². The fourth-order valence-electron chi connectivity index (χ4n) is 1.89. The van der Waals surface area contributed by atoms with E-state index in [1.54, 1.807) is 0 Å². The van der Waals surface area contributed by atoms with Crippen LogP contribution in [0.4, 0.5) is 3.89 Å². The van der Waals surface area contributed by atoms with Crippen molar-refractivity contribution in [3.63, 3.8) is 0 Å². The van der Waals surface area contributed by atoms with E-state index in [4.69, 9.17) is 4.74 Å². The molecule has 2 bridgehead atoms.